The molecule has 0 amide bonds. The lowest BCUT2D eigenvalue weighted by Crippen LogP contribution is -1.94. The molecular weight excluding hydrogens is 156 g/mol. The first kappa shape index (κ1) is 7.19. The van der Waals surface area contributed by atoms with Gasteiger partial charge in [0.2, 0.25) is 0 Å². The molecule has 1 N–H and O–H groups in total. The van der Waals surface area contributed by atoms with Crippen molar-refractivity contribution in [2.75, 3.05) is 0 Å². The second-order valence-electron chi connectivity index (χ2n) is 1.61. The number of nitrogens with zero attached hydrogens (tertiary/aromatic N) is 2. The number of carbonyl (C=O) groups is 1. The summed E-state index contributed by atoms with van der Waals surface area (Å²) < 4.78 is 4.06. The fraction of sp³-hybridized carbons (Fsp3) is 0. The Morgan fingerprint density at radius 3 is 2.73 bits per heavy atom. The fourth-order valence-electron chi connectivity index (χ4n) is 0.452. The van der Waals surface area contributed by atoms with Gasteiger partial charge in [-0.1, -0.05) is 5.16 Å². The SMILES string of the molecule is O=C(O)c1cc([N+](=O)[O-])on1. The van der Waals surface area contributed by atoms with Crippen LogP contribution < -0.4 is 0 Å². The van der Waals surface area contributed by atoms with Crippen molar-refractivity contribution in [1.29, 1.82) is 0 Å². The van der Waals surface area contributed by atoms with Crippen LogP contribution in [0.25, 0.3) is 0 Å². The van der Waals surface area contributed by atoms with Crippen LogP contribution in [0.15, 0.2) is 10.6 Å². The molecule has 7 nitrogen and oxygen atoms in total. The van der Waals surface area contributed by atoms with Crippen LogP contribution in [-0.4, -0.2) is 21.2 Å². The molecule has 0 spiro atoms. The number of carboxylic acid groups (broad SMARTS) is 1. The van der Waals surface area contributed by atoms with Gasteiger partial charge in [0.15, 0.2) is 5.69 Å². The van der Waals surface area contributed by atoms with Crippen LogP contribution in [0.4, 0.5) is 5.88 Å². The maximum Gasteiger partial charge on any atom is 0.456 e. The number of hydrogen-bond acceptors (Lipinski definition) is 5. The molecule has 0 radical (unpaired) electrons. The van der Waals surface area contributed by atoms with Crippen molar-refractivity contribution in [2.45, 2.75) is 0 Å². The van der Waals surface area contributed by atoms with Crippen molar-refractivity contribution >= 4 is 11.9 Å². The summed E-state index contributed by atoms with van der Waals surface area (Å²) in [7, 11) is 0. The van der Waals surface area contributed by atoms with Crippen LogP contribution in [0, 0.1) is 10.1 Å². The second-order valence-corrected chi connectivity index (χ2v) is 1.61. The quantitative estimate of drug-likeness (QED) is 0.489. The zero-order valence-electron chi connectivity index (χ0n) is 5.05. The van der Waals surface area contributed by atoms with E-state index in [0.29, 0.717) is 0 Å². The molecule has 0 unspecified atom stereocenters. The highest BCUT2D eigenvalue weighted by atomic mass is 16.7. The van der Waals surface area contributed by atoms with Gasteiger partial charge in [-0.3, -0.25) is 14.6 Å². The van der Waals surface area contributed by atoms with E-state index < -0.39 is 22.5 Å². The molecule has 0 aliphatic rings. The van der Waals surface area contributed by atoms with Crippen molar-refractivity contribution < 1.29 is 19.3 Å². The first-order valence-electron chi connectivity index (χ1n) is 2.45. The number of hydrogen-bond donors (Lipinski definition) is 1. The molecule has 0 atom stereocenters. The molecule has 0 aliphatic carbocycles. The third-order valence-corrected chi connectivity index (χ3v) is 0.897. The minimum atomic E-state index is -1.36. The van der Waals surface area contributed by atoms with Crippen molar-refractivity contribution in [2.24, 2.45) is 0 Å². The van der Waals surface area contributed by atoms with Gasteiger partial charge in [0.1, 0.15) is 4.92 Å². The van der Waals surface area contributed by atoms with Crippen molar-refractivity contribution in [3.05, 3.63) is 21.9 Å². The number of aromatic carboxylic acids is 1. The van der Waals surface area contributed by atoms with Crippen LogP contribution in [0.3, 0.4) is 0 Å². The molecule has 0 aromatic carbocycles. The summed E-state index contributed by atoms with van der Waals surface area (Å²) in [6.45, 7) is 0. The highest BCUT2D eigenvalue weighted by Gasteiger charge is 2.17. The highest BCUT2D eigenvalue weighted by Crippen LogP contribution is 2.11. The summed E-state index contributed by atoms with van der Waals surface area (Å²) in [4.78, 5) is 19.1. The van der Waals surface area contributed by atoms with Gasteiger partial charge < -0.3 is 5.11 Å². The van der Waals surface area contributed by atoms with E-state index in [9.17, 15) is 14.9 Å². The Balaban J connectivity index is 2.99. The largest absolute Gasteiger partial charge is 0.476 e. The summed E-state index contributed by atoms with van der Waals surface area (Å²) in [5, 5.41) is 21.1. The third-order valence-electron chi connectivity index (χ3n) is 0.897. The Kier molecular flexibility index (Phi) is 1.55. The van der Waals surface area contributed by atoms with Crippen LogP contribution in [0.2, 0.25) is 0 Å². The van der Waals surface area contributed by atoms with E-state index in [1.165, 1.54) is 0 Å². The molecule has 0 saturated carbocycles. The number of rotatable bonds is 2. The number of carboxylic acids is 1. The number of aromatic nitrogens is 1. The van der Waals surface area contributed by atoms with Gasteiger partial charge in [-0.15, -0.1) is 0 Å². The third kappa shape index (κ3) is 1.31. The molecule has 1 heterocycles. The summed E-state index contributed by atoms with van der Waals surface area (Å²) in [5.74, 6) is -2.04. The first-order chi connectivity index (χ1) is 5.11. The molecule has 1 aromatic heterocycles. The van der Waals surface area contributed by atoms with Crippen LogP contribution in [0.5, 0.6) is 0 Å². The molecule has 58 valence electrons. The van der Waals surface area contributed by atoms with Gasteiger partial charge in [0.05, 0.1) is 6.07 Å². The van der Waals surface area contributed by atoms with E-state index in [4.69, 9.17) is 5.11 Å². The van der Waals surface area contributed by atoms with E-state index in [2.05, 4.69) is 9.68 Å². The van der Waals surface area contributed by atoms with E-state index >= 15 is 0 Å². The van der Waals surface area contributed by atoms with E-state index in [1.54, 1.807) is 0 Å². The van der Waals surface area contributed by atoms with Gasteiger partial charge in [-0.05, 0) is 0 Å². The Labute approximate surface area is 59.4 Å². The monoisotopic (exact) mass is 158 g/mol. The van der Waals surface area contributed by atoms with Crippen LogP contribution >= 0.6 is 0 Å². The lowest BCUT2D eigenvalue weighted by Gasteiger charge is -1.75. The molecule has 1 rings (SSSR count). The molecular formula is C4H2N2O5. The van der Waals surface area contributed by atoms with Crippen molar-refractivity contribution in [1.82, 2.24) is 5.16 Å². The molecule has 11 heavy (non-hydrogen) atoms. The van der Waals surface area contributed by atoms with E-state index in [0.717, 1.165) is 6.07 Å². The lowest BCUT2D eigenvalue weighted by molar-refractivity contribution is -0.404. The normalized spacial score (nSPS) is 9.45. The summed E-state index contributed by atoms with van der Waals surface area (Å²) in [6.07, 6.45) is 0. The molecule has 1 aromatic rings. The van der Waals surface area contributed by atoms with Crippen LogP contribution in [-0.2, 0) is 0 Å². The minimum absolute atomic E-state index is 0.475. The average molecular weight is 158 g/mol. The standard InChI is InChI=1S/C4H2N2O5/c7-4(8)2-1-3(6(9)10)11-5-2/h1H,(H,7,8). The van der Waals surface area contributed by atoms with E-state index in [-0.39, 0.29) is 0 Å². The summed E-state index contributed by atoms with van der Waals surface area (Å²) in [6, 6.07) is 0.738. The van der Waals surface area contributed by atoms with Gasteiger partial charge in [0.25, 0.3) is 0 Å². The summed E-state index contributed by atoms with van der Waals surface area (Å²) in [5.41, 5.74) is -0.475. The molecule has 0 saturated heterocycles. The zero-order chi connectivity index (χ0) is 8.43. The van der Waals surface area contributed by atoms with Crippen molar-refractivity contribution in [3.63, 3.8) is 0 Å². The lowest BCUT2D eigenvalue weighted by atomic mass is 10.4. The van der Waals surface area contributed by atoms with Crippen molar-refractivity contribution in [3.8, 4) is 0 Å². The summed E-state index contributed by atoms with van der Waals surface area (Å²) >= 11 is 0. The molecule has 0 bridgehead atoms. The van der Waals surface area contributed by atoms with E-state index in [1.807, 2.05) is 0 Å². The average Bonchev–Trinajstić information content (AvgIpc) is 2.33. The van der Waals surface area contributed by atoms with Crippen LogP contribution in [0.1, 0.15) is 10.5 Å². The highest BCUT2D eigenvalue weighted by molar-refractivity contribution is 5.85. The topological polar surface area (TPSA) is 106 Å². The Morgan fingerprint density at radius 1 is 1.82 bits per heavy atom. The van der Waals surface area contributed by atoms with Gasteiger partial charge in [-0.25, -0.2) is 4.79 Å². The predicted octanol–water partition coefficient (Wildman–Crippen LogP) is 0.281. The van der Waals surface area contributed by atoms with Gasteiger partial charge in [-0.2, -0.15) is 0 Å². The first-order valence-corrected chi connectivity index (χ1v) is 2.45. The Morgan fingerprint density at radius 2 is 2.45 bits per heavy atom. The Bertz CT molecular complexity index is 275. The predicted molar refractivity (Wildman–Crippen MR) is 30.1 cm³/mol. The van der Waals surface area contributed by atoms with Gasteiger partial charge >= 0.3 is 11.9 Å². The maximum absolute atomic E-state index is 10.1. The minimum Gasteiger partial charge on any atom is -0.476 e. The molecule has 0 aliphatic heterocycles. The second kappa shape index (κ2) is 2.37. The van der Waals surface area contributed by atoms with Gasteiger partial charge in [0, 0.05) is 0 Å². The Hall–Kier alpha value is -1.92. The molecule has 7 heteroatoms. The number of nitro groups is 1. The maximum atomic E-state index is 10.1. The fourth-order valence-corrected chi connectivity index (χ4v) is 0.452. The molecule has 0 fully saturated rings. The zero-order valence-corrected chi connectivity index (χ0v) is 5.05. The smallest absolute Gasteiger partial charge is 0.456 e.